The molecule has 8 heteroatoms. The standard InChI is InChI=1S/C29H30ClN3O3S/c1-2-36-29(35)26-25(19-13-15-21(30)16-14-19)23(17-31)28(33-27(26)20-9-5-3-6-10-20)37-18-24(34)32-22-11-7-4-8-12-22/h3,5-6,9-10,13-16,22,25,33H,2,4,7-8,11-12,18H2,1H3,(H,32,34)/t25-/m1/s1. The van der Waals surface area contributed by atoms with Crippen molar-refractivity contribution in [3.8, 4) is 6.07 Å². The second-order valence-corrected chi connectivity index (χ2v) is 10.5. The maximum Gasteiger partial charge on any atom is 0.337 e. The Morgan fingerprint density at radius 1 is 1.11 bits per heavy atom. The summed E-state index contributed by atoms with van der Waals surface area (Å²) in [5.74, 6) is -1.08. The first-order chi connectivity index (χ1) is 18.0. The van der Waals surface area contributed by atoms with Gasteiger partial charge >= 0.3 is 5.97 Å². The van der Waals surface area contributed by atoms with E-state index >= 15 is 0 Å². The molecule has 1 atom stereocenters. The summed E-state index contributed by atoms with van der Waals surface area (Å²) >= 11 is 7.42. The van der Waals surface area contributed by atoms with Gasteiger partial charge in [0, 0.05) is 11.1 Å². The van der Waals surface area contributed by atoms with E-state index in [0.29, 0.717) is 26.9 Å². The van der Waals surface area contributed by atoms with Crippen LogP contribution in [0.3, 0.4) is 0 Å². The Balaban J connectivity index is 1.73. The largest absolute Gasteiger partial charge is 0.463 e. The van der Waals surface area contributed by atoms with Crippen LogP contribution in [-0.2, 0) is 14.3 Å². The van der Waals surface area contributed by atoms with Crippen molar-refractivity contribution < 1.29 is 14.3 Å². The van der Waals surface area contributed by atoms with Crippen LogP contribution in [0.2, 0.25) is 5.02 Å². The number of nitrogens with zero attached hydrogens (tertiary/aromatic N) is 1. The number of esters is 1. The topological polar surface area (TPSA) is 91.2 Å². The van der Waals surface area contributed by atoms with E-state index in [1.54, 1.807) is 19.1 Å². The normalized spacial score (nSPS) is 18.1. The zero-order valence-electron chi connectivity index (χ0n) is 20.8. The van der Waals surface area contributed by atoms with Crippen LogP contribution >= 0.6 is 23.4 Å². The average Bonchev–Trinajstić information content (AvgIpc) is 2.92. The van der Waals surface area contributed by atoms with E-state index in [4.69, 9.17) is 16.3 Å². The maximum absolute atomic E-state index is 13.3. The van der Waals surface area contributed by atoms with E-state index in [0.717, 1.165) is 36.8 Å². The second-order valence-electron chi connectivity index (χ2n) is 9.03. The van der Waals surface area contributed by atoms with E-state index in [-0.39, 0.29) is 24.3 Å². The summed E-state index contributed by atoms with van der Waals surface area (Å²) in [5, 5.41) is 17.9. The van der Waals surface area contributed by atoms with Crippen LogP contribution in [0.4, 0.5) is 0 Å². The number of benzene rings is 2. The number of thioether (sulfide) groups is 1. The summed E-state index contributed by atoms with van der Waals surface area (Å²) in [6.07, 6.45) is 5.49. The molecule has 6 nitrogen and oxygen atoms in total. The highest BCUT2D eigenvalue weighted by molar-refractivity contribution is 8.03. The molecule has 0 spiro atoms. The van der Waals surface area contributed by atoms with E-state index in [9.17, 15) is 14.9 Å². The Morgan fingerprint density at radius 3 is 2.46 bits per heavy atom. The molecule has 192 valence electrons. The lowest BCUT2D eigenvalue weighted by Gasteiger charge is -2.31. The molecule has 0 aromatic heterocycles. The Hall–Kier alpha value is -3.21. The number of rotatable bonds is 8. The number of carbonyl (C=O) groups excluding carboxylic acids is 2. The van der Waals surface area contributed by atoms with Gasteiger partial charge in [0.05, 0.1) is 46.2 Å². The molecule has 0 unspecified atom stereocenters. The van der Waals surface area contributed by atoms with Crippen LogP contribution in [-0.4, -0.2) is 30.3 Å². The van der Waals surface area contributed by atoms with Crippen molar-refractivity contribution in [3.63, 3.8) is 0 Å². The lowest BCUT2D eigenvalue weighted by Crippen LogP contribution is -2.37. The highest BCUT2D eigenvalue weighted by Gasteiger charge is 2.37. The summed E-state index contributed by atoms with van der Waals surface area (Å²) in [5.41, 5.74) is 2.80. The molecule has 1 aliphatic heterocycles. The third kappa shape index (κ3) is 6.57. The molecule has 2 aromatic carbocycles. The van der Waals surface area contributed by atoms with Gasteiger partial charge in [0.25, 0.3) is 0 Å². The van der Waals surface area contributed by atoms with Crippen molar-refractivity contribution in [2.45, 2.75) is 51.0 Å². The highest BCUT2D eigenvalue weighted by atomic mass is 35.5. The number of ether oxygens (including phenoxy) is 1. The SMILES string of the molecule is CCOC(=O)C1=C(c2ccccc2)NC(SCC(=O)NC2CCCCC2)=C(C#N)[C@H]1c1ccc(Cl)cc1. The van der Waals surface area contributed by atoms with Gasteiger partial charge in [0.15, 0.2) is 0 Å². The van der Waals surface area contributed by atoms with Crippen LogP contribution in [0.1, 0.15) is 56.1 Å². The maximum atomic E-state index is 13.3. The first-order valence-corrected chi connectivity index (χ1v) is 13.9. The number of nitrogens with one attached hydrogen (secondary N) is 2. The lowest BCUT2D eigenvalue weighted by molar-refractivity contribution is -0.138. The summed E-state index contributed by atoms with van der Waals surface area (Å²) in [6, 6.07) is 19.1. The van der Waals surface area contributed by atoms with Gasteiger partial charge in [0.2, 0.25) is 5.91 Å². The molecule has 1 saturated carbocycles. The first-order valence-electron chi connectivity index (χ1n) is 12.6. The molecule has 2 aromatic rings. The Labute approximate surface area is 227 Å². The van der Waals surface area contributed by atoms with E-state index in [2.05, 4.69) is 16.7 Å². The second kappa shape index (κ2) is 12.8. The predicted octanol–water partition coefficient (Wildman–Crippen LogP) is 5.92. The monoisotopic (exact) mass is 535 g/mol. The summed E-state index contributed by atoms with van der Waals surface area (Å²) in [6.45, 7) is 1.95. The van der Waals surface area contributed by atoms with E-state index in [1.165, 1.54) is 18.2 Å². The molecular weight excluding hydrogens is 506 g/mol. The van der Waals surface area contributed by atoms with Crippen molar-refractivity contribution >= 4 is 40.9 Å². The van der Waals surface area contributed by atoms with Crippen LogP contribution in [0.5, 0.6) is 0 Å². The van der Waals surface area contributed by atoms with Crippen molar-refractivity contribution in [3.05, 3.63) is 86.9 Å². The number of hydrogen-bond acceptors (Lipinski definition) is 6. The van der Waals surface area contributed by atoms with Crippen LogP contribution in [0, 0.1) is 11.3 Å². The Kier molecular flexibility index (Phi) is 9.32. The summed E-state index contributed by atoms with van der Waals surface area (Å²) in [7, 11) is 0. The smallest absolute Gasteiger partial charge is 0.337 e. The fraction of sp³-hybridized carbons (Fsp3) is 0.345. The van der Waals surface area contributed by atoms with E-state index < -0.39 is 11.9 Å². The van der Waals surface area contributed by atoms with Gasteiger partial charge in [-0.05, 0) is 43.0 Å². The number of amides is 1. The van der Waals surface area contributed by atoms with Gasteiger partial charge < -0.3 is 15.4 Å². The summed E-state index contributed by atoms with van der Waals surface area (Å²) < 4.78 is 5.45. The van der Waals surface area contributed by atoms with Crippen molar-refractivity contribution in [1.82, 2.24) is 10.6 Å². The molecule has 1 fully saturated rings. The number of dihydropyridines is 1. The van der Waals surface area contributed by atoms with Gasteiger partial charge in [-0.25, -0.2) is 4.79 Å². The predicted molar refractivity (Wildman–Crippen MR) is 147 cm³/mol. The minimum atomic E-state index is -0.679. The Bertz CT molecular complexity index is 1230. The molecule has 1 amide bonds. The molecule has 37 heavy (non-hydrogen) atoms. The number of carbonyl (C=O) groups is 2. The van der Waals surface area contributed by atoms with Crippen LogP contribution in [0.15, 0.2) is 70.8 Å². The number of halogens is 1. The van der Waals surface area contributed by atoms with Crippen molar-refractivity contribution in [1.29, 1.82) is 5.26 Å². The zero-order chi connectivity index (χ0) is 26.2. The molecule has 2 aliphatic rings. The minimum Gasteiger partial charge on any atom is -0.463 e. The van der Waals surface area contributed by atoms with Gasteiger partial charge in [-0.15, -0.1) is 0 Å². The molecule has 1 heterocycles. The highest BCUT2D eigenvalue weighted by Crippen LogP contribution is 2.43. The van der Waals surface area contributed by atoms with Crippen LogP contribution < -0.4 is 10.6 Å². The first kappa shape index (κ1) is 26.8. The molecule has 0 bridgehead atoms. The van der Waals surface area contributed by atoms with Crippen molar-refractivity contribution in [2.75, 3.05) is 12.4 Å². The molecule has 0 radical (unpaired) electrons. The minimum absolute atomic E-state index is 0.0621. The average molecular weight is 536 g/mol. The fourth-order valence-electron chi connectivity index (χ4n) is 4.80. The summed E-state index contributed by atoms with van der Waals surface area (Å²) in [4.78, 5) is 26.1. The lowest BCUT2D eigenvalue weighted by atomic mass is 9.81. The number of nitriles is 1. The number of hydrogen-bond donors (Lipinski definition) is 2. The van der Waals surface area contributed by atoms with Gasteiger partial charge in [-0.3, -0.25) is 4.79 Å². The molecular formula is C29H30ClN3O3S. The fourth-order valence-corrected chi connectivity index (χ4v) is 5.78. The van der Waals surface area contributed by atoms with Crippen molar-refractivity contribution in [2.24, 2.45) is 0 Å². The Morgan fingerprint density at radius 2 is 1.81 bits per heavy atom. The molecule has 4 rings (SSSR count). The van der Waals surface area contributed by atoms with E-state index in [1.807, 2.05) is 42.5 Å². The zero-order valence-corrected chi connectivity index (χ0v) is 22.3. The van der Waals surface area contributed by atoms with Gasteiger partial charge in [-0.2, -0.15) is 5.26 Å². The molecule has 1 aliphatic carbocycles. The third-order valence-electron chi connectivity index (χ3n) is 6.53. The van der Waals surface area contributed by atoms with Crippen LogP contribution in [0.25, 0.3) is 5.70 Å². The van der Waals surface area contributed by atoms with Gasteiger partial charge in [0.1, 0.15) is 0 Å². The van der Waals surface area contributed by atoms with Gasteiger partial charge in [-0.1, -0.05) is 85.1 Å². The third-order valence-corrected chi connectivity index (χ3v) is 7.80. The molecule has 0 saturated heterocycles. The quantitative estimate of drug-likeness (QED) is 0.408. The number of allylic oxidation sites excluding steroid dienone is 1. The molecule has 2 N–H and O–H groups in total.